The van der Waals surface area contributed by atoms with Gasteiger partial charge in [-0.1, -0.05) is 18.2 Å². The lowest BCUT2D eigenvalue weighted by molar-refractivity contribution is 0.964. The van der Waals surface area contributed by atoms with E-state index >= 15 is 0 Å². The molecule has 0 spiro atoms. The maximum Gasteiger partial charge on any atom is 0.182 e. The van der Waals surface area contributed by atoms with Gasteiger partial charge in [0.05, 0.1) is 5.69 Å². The van der Waals surface area contributed by atoms with E-state index in [4.69, 9.17) is 0 Å². The van der Waals surface area contributed by atoms with E-state index in [1.54, 1.807) is 15.2 Å². The van der Waals surface area contributed by atoms with Gasteiger partial charge >= 0.3 is 0 Å². The summed E-state index contributed by atoms with van der Waals surface area (Å²) in [5, 5.41) is 9.27. The number of pyridine rings is 3. The van der Waals surface area contributed by atoms with E-state index in [-0.39, 0.29) is 0 Å². The third kappa shape index (κ3) is 2.80. The van der Waals surface area contributed by atoms with Crippen LogP contribution in [0.1, 0.15) is 0 Å². The zero-order valence-electron chi connectivity index (χ0n) is 15.8. The minimum atomic E-state index is 0.643. The van der Waals surface area contributed by atoms with Gasteiger partial charge in [-0.25, -0.2) is 19.0 Å². The summed E-state index contributed by atoms with van der Waals surface area (Å²) < 4.78 is 3.54. The Bertz CT molecular complexity index is 1340. The molecule has 5 heterocycles. The summed E-state index contributed by atoms with van der Waals surface area (Å²) in [6.45, 7) is 0. The molecule has 6 aromatic rings. The van der Waals surface area contributed by atoms with Gasteiger partial charge in [0.1, 0.15) is 0 Å². The van der Waals surface area contributed by atoms with Crippen LogP contribution in [0.15, 0.2) is 91.4 Å². The summed E-state index contributed by atoms with van der Waals surface area (Å²) in [6.07, 6.45) is 5.56. The molecule has 0 bridgehead atoms. The van der Waals surface area contributed by atoms with Crippen molar-refractivity contribution in [1.82, 2.24) is 34.2 Å². The van der Waals surface area contributed by atoms with E-state index in [2.05, 4.69) is 37.3 Å². The molecule has 142 valence electrons. The average molecular weight is 389 g/mol. The fourth-order valence-corrected chi connectivity index (χ4v) is 3.47. The molecule has 0 atom stereocenters. The predicted octanol–water partition coefficient (Wildman–Crippen LogP) is 4.17. The molecule has 0 N–H and O–H groups in total. The Morgan fingerprint density at radius 1 is 0.567 bits per heavy atom. The van der Waals surface area contributed by atoms with Crippen LogP contribution in [-0.4, -0.2) is 34.2 Å². The Labute approximate surface area is 171 Å². The molecular weight excluding hydrogens is 374 g/mol. The normalized spacial score (nSPS) is 11.3. The SMILES string of the molecule is c1ccc(-c2cc(-c3nc4ccccn4n3)cc(-c3nc4ccccn4n3)c2)nc1. The Morgan fingerprint density at radius 3 is 1.67 bits per heavy atom. The molecule has 0 unspecified atom stereocenters. The topological polar surface area (TPSA) is 73.3 Å². The smallest absolute Gasteiger partial charge is 0.182 e. The van der Waals surface area contributed by atoms with E-state index in [1.165, 1.54) is 0 Å². The fourth-order valence-electron chi connectivity index (χ4n) is 3.47. The summed E-state index contributed by atoms with van der Waals surface area (Å²) >= 11 is 0. The molecule has 7 nitrogen and oxygen atoms in total. The van der Waals surface area contributed by atoms with Crippen molar-refractivity contribution >= 4 is 11.3 Å². The minimum Gasteiger partial charge on any atom is -0.256 e. The zero-order valence-corrected chi connectivity index (χ0v) is 15.8. The van der Waals surface area contributed by atoms with Gasteiger partial charge in [0.25, 0.3) is 0 Å². The highest BCUT2D eigenvalue weighted by atomic mass is 15.3. The van der Waals surface area contributed by atoms with Gasteiger partial charge in [0.15, 0.2) is 22.9 Å². The highest BCUT2D eigenvalue weighted by Gasteiger charge is 2.14. The summed E-state index contributed by atoms with van der Waals surface area (Å²) in [7, 11) is 0. The standard InChI is InChI=1S/C23H15N7/c1-4-10-24-19(7-1)16-13-17(22-25-20-8-2-5-11-29(20)27-22)15-18(14-16)23-26-21-9-3-6-12-30(21)28-23/h1-15H. The Hall–Kier alpha value is -4.39. The Morgan fingerprint density at radius 2 is 1.13 bits per heavy atom. The van der Waals surface area contributed by atoms with Gasteiger partial charge in [-0.2, -0.15) is 0 Å². The predicted molar refractivity (Wildman–Crippen MR) is 114 cm³/mol. The first-order valence-electron chi connectivity index (χ1n) is 9.54. The van der Waals surface area contributed by atoms with Crippen LogP contribution in [0, 0.1) is 0 Å². The number of hydrogen-bond acceptors (Lipinski definition) is 5. The molecule has 0 saturated carbocycles. The van der Waals surface area contributed by atoms with Crippen molar-refractivity contribution in [2.75, 3.05) is 0 Å². The van der Waals surface area contributed by atoms with Gasteiger partial charge in [-0.15, -0.1) is 10.2 Å². The van der Waals surface area contributed by atoms with Gasteiger partial charge in [-0.05, 0) is 54.6 Å². The van der Waals surface area contributed by atoms with Crippen molar-refractivity contribution < 1.29 is 0 Å². The maximum atomic E-state index is 4.68. The summed E-state index contributed by atoms with van der Waals surface area (Å²) in [4.78, 5) is 13.9. The highest BCUT2D eigenvalue weighted by Crippen LogP contribution is 2.30. The van der Waals surface area contributed by atoms with Crippen LogP contribution < -0.4 is 0 Å². The van der Waals surface area contributed by atoms with Crippen molar-refractivity contribution in [3.8, 4) is 34.0 Å². The molecule has 7 heteroatoms. The second kappa shape index (κ2) is 6.59. The number of aromatic nitrogens is 7. The molecule has 0 aliphatic heterocycles. The maximum absolute atomic E-state index is 4.68. The molecule has 0 aliphatic rings. The molecule has 0 saturated heterocycles. The van der Waals surface area contributed by atoms with E-state index in [9.17, 15) is 0 Å². The minimum absolute atomic E-state index is 0.643. The number of fused-ring (bicyclic) bond motifs is 2. The zero-order chi connectivity index (χ0) is 19.9. The lowest BCUT2D eigenvalue weighted by Gasteiger charge is -2.06. The first-order valence-corrected chi connectivity index (χ1v) is 9.54. The lowest BCUT2D eigenvalue weighted by Crippen LogP contribution is -1.91. The molecular formula is C23H15N7. The fraction of sp³-hybridized carbons (Fsp3) is 0. The first-order chi connectivity index (χ1) is 14.8. The number of benzene rings is 1. The average Bonchev–Trinajstić information content (AvgIpc) is 3.44. The third-order valence-corrected chi connectivity index (χ3v) is 4.89. The van der Waals surface area contributed by atoms with E-state index in [0.29, 0.717) is 11.6 Å². The molecule has 1 aromatic carbocycles. The highest BCUT2D eigenvalue weighted by molar-refractivity contribution is 5.77. The second-order valence-corrected chi connectivity index (χ2v) is 6.89. The molecule has 6 rings (SSSR count). The lowest BCUT2D eigenvalue weighted by atomic mass is 10.0. The van der Waals surface area contributed by atoms with Crippen LogP contribution in [0.3, 0.4) is 0 Å². The van der Waals surface area contributed by atoms with Crippen LogP contribution in [0.4, 0.5) is 0 Å². The van der Waals surface area contributed by atoms with Crippen LogP contribution in [0.2, 0.25) is 0 Å². The number of nitrogens with zero attached hydrogens (tertiary/aromatic N) is 7. The number of hydrogen-bond donors (Lipinski definition) is 0. The monoisotopic (exact) mass is 389 g/mol. The molecule has 5 aromatic heterocycles. The van der Waals surface area contributed by atoms with Crippen molar-refractivity contribution in [3.05, 3.63) is 91.4 Å². The molecule has 0 radical (unpaired) electrons. The molecule has 30 heavy (non-hydrogen) atoms. The summed E-state index contributed by atoms with van der Waals surface area (Å²) in [5.41, 5.74) is 5.19. The van der Waals surface area contributed by atoms with E-state index in [0.717, 1.165) is 33.7 Å². The van der Waals surface area contributed by atoms with Gasteiger partial charge < -0.3 is 0 Å². The largest absolute Gasteiger partial charge is 0.256 e. The molecule has 0 aliphatic carbocycles. The van der Waals surface area contributed by atoms with Crippen molar-refractivity contribution in [2.45, 2.75) is 0 Å². The third-order valence-electron chi connectivity index (χ3n) is 4.89. The van der Waals surface area contributed by atoms with Crippen molar-refractivity contribution in [1.29, 1.82) is 0 Å². The van der Waals surface area contributed by atoms with Crippen molar-refractivity contribution in [3.63, 3.8) is 0 Å². The quantitative estimate of drug-likeness (QED) is 0.454. The van der Waals surface area contributed by atoms with Crippen LogP contribution in [-0.2, 0) is 0 Å². The second-order valence-electron chi connectivity index (χ2n) is 6.89. The van der Waals surface area contributed by atoms with Crippen LogP contribution in [0.25, 0.3) is 45.3 Å². The number of rotatable bonds is 3. The molecule has 0 fully saturated rings. The van der Waals surface area contributed by atoms with Gasteiger partial charge in [-0.3, -0.25) is 4.98 Å². The summed E-state index contributed by atoms with van der Waals surface area (Å²) in [5.74, 6) is 1.29. The van der Waals surface area contributed by atoms with E-state index < -0.39 is 0 Å². The van der Waals surface area contributed by atoms with Crippen LogP contribution >= 0.6 is 0 Å². The Kier molecular flexibility index (Phi) is 3.64. The molecule has 0 amide bonds. The van der Waals surface area contributed by atoms with E-state index in [1.807, 2.05) is 73.1 Å². The summed E-state index contributed by atoms with van der Waals surface area (Å²) in [6, 6.07) is 23.6. The van der Waals surface area contributed by atoms with Gasteiger partial charge in [0.2, 0.25) is 0 Å². The van der Waals surface area contributed by atoms with Crippen LogP contribution in [0.5, 0.6) is 0 Å². The Balaban J connectivity index is 1.57. The van der Waals surface area contributed by atoms with Crippen molar-refractivity contribution in [2.24, 2.45) is 0 Å². The first kappa shape index (κ1) is 16.6. The van der Waals surface area contributed by atoms with Gasteiger partial charge in [0, 0.05) is 35.3 Å².